The lowest BCUT2D eigenvalue weighted by Gasteiger charge is -2.46. The molecule has 3 nitrogen and oxygen atoms in total. The number of fused-ring (bicyclic) bond motifs is 2. The first-order valence-electron chi connectivity index (χ1n) is 7.83. The molecule has 1 heterocycles. The van der Waals surface area contributed by atoms with Crippen molar-refractivity contribution in [3.05, 3.63) is 0 Å². The van der Waals surface area contributed by atoms with Crippen LogP contribution in [-0.2, 0) is 4.79 Å². The number of carboxylic acids is 1. The van der Waals surface area contributed by atoms with Crippen molar-refractivity contribution in [3.63, 3.8) is 0 Å². The highest BCUT2D eigenvalue weighted by atomic mass is 35.5. The molecular formula is C16H28ClNO2. The first-order valence-corrected chi connectivity index (χ1v) is 7.83. The molecule has 3 aliphatic rings. The van der Waals surface area contributed by atoms with E-state index in [-0.39, 0.29) is 18.3 Å². The number of halogens is 1. The lowest BCUT2D eigenvalue weighted by atomic mass is 9.68. The second kappa shape index (κ2) is 5.17. The van der Waals surface area contributed by atoms with Gasteiger partial charge in [0, 0.05) is 12.6 Å². The van der Waals surface area contributed by atoms with Gasteiger partial charge >= 0.3 is 5.97 Å². The van der Waals surface area contributed by atoms with Gasteiger partial charge in [-0.2, -0.15) is 0 Å². The zero-order chi connectivity index (χ0) is 13.8. The van der Waals surface area contributed by atoms with Crippen molar-refractivity contribution < 1.29 is 9.90 Å². The molecule has 116 valence electrons. The molecule has 20 heavy (non-hydrogen) atoms. The smallest absolute Gasteiger partial charge is 0.307 e. The van der Waals surface area contributed by atoms with Gasteiger partial charge in [0.1, 0.15) is 0 Å². The minimum Gasteiger partial charge on any atom is -0.481 e. The van der Waals surface area contributed by atoms with E-state index in [1.165, 1.54) is 19.3 Å². The van der Waals surface area contributed by atoms with Crippen LogP contribution in [0.4, 0.5) is 0 Å². The minimum atomic E-state index is -0.600. The first-order chi connectivity index (χ1) is 8.86. The number of aliphatic carboxylic acids is 1. The Balaban J connectivity index is 0.00000147. The van der Waals surface area contributed by atoms with Crippen molar-refractivity contribution in [2.45, 2.75) is 58.9 Å². The zero-order valence-electron chi connectivity index (χ0n) is 12.9. The quantitative estimate of drug-likeness (QED) is 0.849. The van der Waals surface area contributed by atoms with Crippen LogP contribution in [0.1, 0.15) is 52.9 Å². The van der Waals surface area contributed by atoms with Crippen LogP contribution in [0.2, 0.25) is 0 Å². The summed E-state index contributed by atoms with van der Waals surface area (Å²) in [5, 5.41) is 9.27. The number of piperidine rings is 1. The molecule has 3 fully saturated rings. The summed E-state index contributed by atoms with van der Waals surface area (Å²) >= 11 is 0. The highest BCUT2D eigenvalue weighted by Crippen LogP contribution is 2.66. The monoisotopic (exact) mass is 301 g/mol. The van der Waals surface area contributed by atoms with Crippen molar-refractivity contribution in [2.24, 2.45) is 22.7 Å². The summed E-state index contributed by atoms with van der Waals surface area (Å²) < 4.78 is 0. The van der Waals surface area contributed by atoms with Gasteiger partial charge < -0.3 is 5.11 Å². The fraction of sp³-hybridized carbons (Fsp3) is 0.938. The number of rotatable bonds is 2. The Kier molecular flexibility index (Phi) is 4.16. The van der Waals surface area contributed by atoms with Crippen LogP contribution in [0, 0.1) is 22.7 Å². The van der Waals surface area contributed by atoms with Gasteiger partial charge in [0.25, 0.3) is 0 Å². The van der Waals surface area contributed by atoms with Gasteiger partial charge in [-0.1, -0.05) is 20.8 Å². The van der Waals surface area contributed by atoms with Gasteiger partial charge in [0.05, 0.1) is 5.92 Å². The van der Waals surface area contributed by atoms with Crippen LogP contribution in [0.15, 0.2) is 0 Å². The summed E-state index contributed by atoms with van der Waals surface area (Å²) in [4.78, 5) is 13.8. The van der Waals surface area contributed by atoms with Crippen molar-refractivity contribution in [2.75, 3.05) is 13.1 Å². The van der Waals surface area contributed by atoms with Crippen LogP contribution < -0.4 is 0 Å². The van der Waals surface area contributed by atoms with E-state index in [0.717, 1.165) is 31.8 Å². The number of carboxylic acid groups (broad SMARTS) is 1. The predicted octanol–water partition coefficient (Wildman–Crippen LogP) is 3.42. The fourth-order valence-electron chi connectivity index (χ4n) is 5.20. The second-order valence-electron chi connectivity index (χ2n) is 7.80. The van der Waals surface area contributed by atoms with Crippen molar-refractivity contribution >= 4 is 18.4 Å². The molecule has 0 aromatic heterocycles. The molecule has 2 bridgehead atoms. The molecule has 4 atom stereocenters. The van der Waals surface area contributed by atoms with Gasteiger partial charge in [-0.25, -0.2) is 0 Å². The largest absolute Gasteiger partial charge is 0.481 e. The summed E-state index contributed by atoms with van der Waals surface area (Å²) in [5.41, 5.74) is 0.811. The summed E-state index contributed by atoms with van der Waals surface area (Å²) in [7, 11) is 0. The number of hydrogen-bond donors (Lipinski definition) is 1. The van der Waals surface area contributed by atoms with Gasteiger partial charge in [0.2, 0.25) is 0 Å². The molecule has 1 N–H and O–H groups in total. The Labute approximate surface area is 128 Å². The number of carbonyl (C=O) groups is 1. The van der Waals surface area contributed by atoms with Gasteiger partial charge in [-0.3, -0.25) is 9.69 Å². The van der Waals surface area contributed by atoms with E-state index in [1.54, 1.807) is 0 Å². The predicted molar refractivity (Wildman–Crippen MR) is 82.2 cm³/mol. The number of hydrogen-bond acceptors (Lipinski definition) is 2. The average Bonchev–Trinajstić information content (AvgIpc) is 2.71. The molecule has 1 aliphatic heterocycles. The third-order valence-corrected chi connectivity index (χ3v) is 6.99. The third kappa shape index (κ3) is 2.09. The van der Waals surface area contributed by atoms with Crippen molar-refractivity contribution in [1.29, 1.82) is 0 Å². The van der Waals surface area contributed by atoms with Crippen LogP contribution in [0.25, 0.3) is 0 Å². The lowest BCUT2D eigenvalue weighted by molar-refractivity contribution is -0.144. The Bertz CT molecular complexity index is 398. The van der Waals surface area contributed by atoms with E-state index < -0.39 is 5.97 Å². The van der Waals surface area contributed by atoms with Gasteiger partial charge in [0.15, 0.2) is 0 Å². The maximum absolute atomic E-state index is 11.3. The van der Waals surface area contributed by atoms with Crippen LogP contribution >= 0.6 is 12.4 Å². The third-order valence-electron chi connectivity index (χ3n) is 6.99. The topological polar surface area (TPSA) is 40.5 Å². The number of likely N-dealkylation sites (tertiary alicyclic amines) is 1. The zero-order valence-corrected chi connectivity index (χ0v) is 13.7. The molecule has 1 unspecified atom stereocenters. The molecule has 0 aromatic carbocycles. The minimum absolute atomic E-state index is 0. The molecular weight excluding hydrogens is 274 g/mol. The molecule has 0 radical (unpaired) electrons. The summed E-state index contributed by atoms with van der Waals surface area (Å²) in [6.45, 7) is 9.20. The molecule has 0 spiro atoms. The fourth-order valence-corrected chi connectivity index (χ4v) is 5.20. The maximum atomic E-state index is 11.3. The van der Waals surface area contributed by atoms with Crippen LogP contribution in [0.5, 0.6) is 0 Å². The van der Waals surface area contributed by atoms with Crippen molar-refractivity contribution in [1.82, 2.24) is 4.90 Å². The second-order valence-corrected chi connectivity index (χ2v) is 7.80. The Morgan fingerprint density at radius 3 is 2.45 bits per heavy atom. The van der Waals surface area contributed by atoms with E-state index in [2.05, 4.69) is 25.7 Å². The maximum Gasteiger partial charge on any atom is 0.307 e. The molecule has 4 heteroatoms. The van der Waals surface area contributed by atoms with Gasteiger partial charge in [-0.15, -0.1) is 12.4 Å². The van der Waals surface area contributed by atoms with Crippen LogP contribution in [0.3, 0.4) is 0 Å². The standard InChI is InChI=1S/C16H27NO2.ClH/c1-15(2)12-6-7-16(15,3)13(9-12)17-8-4-5-11(10-17)14(18)19;/h11-13H,4-10H2,1-3H3,(H,18,19);1H/t11?,12-,13+,16+;/m1./s1. The average molecular weight is 302 g/mol. The normalized spacial score (nSPS) is 43.2. The SMILES string of the molecule is CC1(C)[C@@H]2CC[C@@]1(C)[C@@H](N1CCCC(C(=O)O)C1)C2.Cl. The molecule has 0 amide bonds. The first kappa shape index (κ1) is 16.1. The molecule has 2 aliphatic carbocycles. The van der Waals surface area contributed by atoms with E-state index in [4.69, 9.17) is 0 Å². The summed E-state index contributed by atoms with van der Waals surface area (Å²) in [6, 6.07) is 0.614. The van der Waals surface area contributed by atoms with E-state index >= 15 is 0 Å². The summed E-state index contributed by atoms with van der Waals surface area (Å²) in [6.07, 6.45) is 5.90. The van der Waals surface area contributed by atoms with E-state index in [9.17, 15) is 9.90 Å². The molecule has 3 rings (SSSR count). The van der Waals surface area contributed by atoms with Crippen LogP contribution in [-0.4, -0.2) is 35.1 Å². The van der Waals surface area contributed by atoms with E-state index in [0.29, 0.717) is 16.9 Å². The Hall–Kier alpha value is -0.280. The highest BCUT2D eigenvalue weighted by molar-refractivity contribution is 5.85. The Morgan fingerprint density at radius 1 is 1.25 bits per heavy atom. The van der Waals surface area contributed by atoms with Crippen molar-refractivity contribution in [3.8, 4) is 0 Å². The Morgan fingerprint density at radius 2 is 1.95 bits per heavy atom. The number of nitrogens with zero attached hydrogens (tertiary/aromatic N) is 1. The summed E-state index contributed by atoms with van der Waals surface area (Å²) in [5.74, 6) is 0.101. The molecule has 2 saturated carbocycles. The highest BCUT2D eigenvalue weighted by Gasteiger charge is 2.62. The van der Waals surface area contributed by atoms with E-state index in [1.807, 2.05) is 0 Å². The van der Waals surface area contributed by atoms with Gasteiger partial charge in [-0.05, 0) is 55.4 Å². The molecule has 1 saturated heterocycles. The lowest BCUT2D eigenvalue weighted by Crippen LogP contribution is -2.51. The molecule has 0 aromatic rings.